The van der Waals surface area contributed by atoms with Crippen molar-refractivity contribution in [2.45, 2.75) is 32.9 Å². The molecule has 1 aliphatic rings. The summed E-state index contributed by atoms with van der Waals surface area (Å²) in [7, 11) is 2.02. The van der Waals surface area contributed by atoms with Gasteiger partial charge in [-0.2, -0.15) is 0 Å². The van der Waals surface area contributed by atoms with Gasteiger partial charge in [0.25, 0.3) is 5.91 Å². The number of hydrogen-bond donors (Lipinski definition) is 3. The van der Waals surface area contributed by atoms with E-state index in [1.807, 2.05) is 42.3 Å². The summed E-state index contributed by atoms with van der Waals surface area (Å²) in [4.78, 5) is 41.5. The van der Waals surface area contributed by atoms with Gasteiger partial charge in [-0.05, 0) is 25.5 Å². The Morgan fingerprint density at radius 3 is 2.32 bits per heavy atom. The second-order valence-electron chi connectivity index (χ2n) is 8.24. The number of primary amides is 1. The van der Waals surface area contributed by atoms with E-state index in [4.69, 9.17) is 10.5 Å². The molecule has 1 saturated heterocycles. The highest BCUT2D eigenvalue weighted by Crippen LogP contribution is 2.18. The second kappa shape index (κ2) is 10.8. The van der Waals surface area contributed by atoms with Gasteiger partial charge in [-0.15, -0.1) is 0 Å². The van der Waals surface area contributed by atoms with Crippen LogP contribution in [-0.2, 0) is 20.9 Å². The molecule has 2 rings (SSSR count). The summed E-state index contributed by atoms with van der Waals surface area (Å²) in [5.74, 6) is -1.57. The molecule has 9 nitrogen and oxygen atoms in total. The first kappa shape index (κ1) is 24.2. The maximum Gasteiger partial charge on any atom is 0.408 e. The monoisotopic (exact) mass is 431 g/mol. The van der Waals surface area contributed by atoms with Crippen LogP contribution in [0.15, 0.2) is 42.2 Å². The van der Waals surface area contributed by atoms with Crippen molar-refractivity contribution in [1.82, 2.24) is 20.4 Å². The Labute approximate surface area is 183 Å². The molecule has 1 fully saturated rings. The van der Waals surface area contributed by atoms with E-state index < -0.39 is 23.4 Å². The number of likely N-dealkylation sites (N-methyl/N-ethyl adjacent to an activating group) is 1. The SMILES string of the molecule is CC(C)[C@](C)(NC(=O)OCc1ccccc1)C(=O)NC(=CN1CCN(C)CC1)C(N)=O. The quantitative estimate of drug-likeness (QED) is 0.529. The highest BCUT2D eigenvalue weighted by atomic mass is 16.5. The summed E-state index contributed by atoms with van der Waals surface area (Å²) in [6, 6.07) is 9.24. The number of rotatable bonds is 8. The van der Waals surface area contributed by atoms with Gasteiger partial charge in [0.1, 0.15) is 17.8 Å². The van der Waals surface area contributed by atoms with Crippen molar-refractivity contribution < 1.29 is 19.1 Å². The number of benzene rings is 1. The van der Waals surface area contributed by atoms with E-state index in [9.17, 15) is 14.4 Å². The Kier molecular flexibility index (Phi) is 8.44. The Morgan fingerprint density at radius 1 is 1.16 bits per heavy atom. The van der Waals surface area contributed by atoms with Crippen LogP contribution in [0.5, 0.6) is 0 Å². The molecular weight excluding hydrogens is 398 g/mol. The molecule has 1 atom stereocenters. The van der Waals surface area contributed by atoms with Crippen molar-refractivity contribution in [3.63, 3.8) is 0 Å². The van der Waals surface area contributed by atoms with Crippen LogP contribution in [0.4, 0.5) is 4.79 Å². The van der Waals surface area contributed by atoms with Gasteiger partial charge in [0.05, 0.1) is 0 Å². The number of piperazine rings is 1. The summed E-state index contributed by atoms with van der Waals surface area (Å²) in [6.45, 7) is 8.38. The fourth-order valence-corrected chi connectivity index (χ4v) is 2.98. The number of amides is 3. The predicted molar refractivity (Wildman–Crippen MR) is 117 cm³/mol. The topological polar surface area (TPSA) is 117 Å². The maximum absolute atomic E-state index is 13.1. The first-order valence-corrected chi connectivity index (χ1v) is 10.4. The number of hydrogen-bond acceptors (Lipinski definition) is 6. The number of carbonyl (C=O) groups is 3. The molecule has 1 aromatic carbocycles. The summed E-state index contributed by atoms with van der Waals surface area (Å²) in [5, 5.41) is 5.24. The molecule has 1 aromatic rings. The van der Waals surface area contributed by atoms with Crippen molar-refractivity contribution in [2.24, 2.45) is 11.7 Å². The molecule has 0 unspecified atom stereocenters. The van der Waals surface area contributed by atoms with E-state index in [2.05, 4.69) is 15.5 Å². The molecule has 9 heteroatoms. The molecule has 0 aromatic heterocycles. The summed E-state index contributed by atoms with van der Waals surface area (Å²) >= 11 is 0. The maximum atomic E-state index is 13.1. The molecule has 1 aliphatic heterocycles. The molecule has 4 N–H and O–H groups in total. The molecule has 1 heterocycles. The minimum atomic E-state index is -1.32. The first-order chi connectivity index (χ1) is 14.6. The average molecular weight is 432 g/mol. The number of nitrogens with zero attached hydrogens (tertiary/aromatic N) is 2. The third-order valence-corrected chi connectivity index (χ3v) is 5.56. The number of carbonyl (C=O) groups excluding carboxylic acids is 3. The van der Waals surface area contributed by atoms with E-state index in [0.717, 1.165) is 18.7 Å². The summed E-state index contributed by atoms with van der Waals surface area (Å²) in [5.41, 5.74) is 5.00. The fourth-order valence-electron chi connectivity index (χ4n) is 2.98. The second-order valence-corrected chi connectivity index (χ2v) is 8.24. The van der Waals surface area contributed by atoms with Gasteiger partial charge in [-0.3, -0.25) is 9.59 Å². The molecule has 31 heavy (non-hydrogen) atoms. The van der Waals surface area contributed by atoms with Gasteiger partial charge in [0, 0.05) is 32.4 Å². The molecule has 0 aliphatic carbocycles. The van der Waals surface area contributed by atoms with Crippen LogP contribution < -0.4 is 16.4 Å². The predicted octanol–water partition coefficient (Wildman–Crippen LogP) is 1.02. The van der Waals surface area contributed by atoms with E-state index in [1.165, 1.54) is 0 Å². The zero-order valence-electron chi connectivity index (χ0n) is 18.7. The number of ether oxygens (including phenoxy) is 1. The van der Waals surface area contributed by atoms with Gasteiger partial charge in [-0.25, -0.2) is 4.79 Å². The molecule has 170 valence electrons. The Bertz CT molecular complexity index is 803. The lowest BCUT2D eigenvalue weighted by atomic mass is 9.87. The van der Waals surface area contributed by atoms with Gasteiger partial charge < -0.3 is 30.9 Å². The van der Waals surface area contributed by atoms with Crippen molar-refractivity contribution in [1.29, 1.82) is 0 Å². The van der Waals surface area contributed by atoms with Crippen molar-refractivity contribution in [3.8, 4) is 0 Å². The van der Waals surface area contributed by atoms with Crippen LogP contribution in [0.2, 0.25) is 0 Å². The zero-order valence-corrected chi connectivity index (χ0v) is 18.7. The van der Waals surface area contributed by atoms with Crippen LogP contribution >= 0.6 is 0 Å². The van der Waals surface area contributed by atoms with Gasteiger partial charge >= 0.3 is 6.09 Å². The standard InChI is InChI=1S/C22H33N5O4/c1-16(2)22(3,25-21(30)31-15-17-8-6-5-7-9-17)20(29)24-18(19(23)28)14-27-12-10-26(4)11-13-27/h5-9,14,16H,10-13,15H2,1-4H3,(H2,23,28)(H,24,29)(H,25,30)/t22-/m0/s1. The summed E-state index contributed by atoms with van der Waals surface area (Å²) in [6.07, 6.45) is 0.848. The highest BCUT2D eigenvalue weighted by molar-refractivity contribution is 5.99. The Morgan fingerprint density at radius 2 is 1.77 bits per heavy atom. The summed E-state index contributed by atoms with van der Waals surface area (Å²) < 4.78 is 5.26. The Balaban J connectivity index is 2.05. The van der Waals surface area contributed by atoms with Crippen molar-refractivity contribution >= 4 is 17.9 Å². The number of alkyl carbamates (subject to hydrolysis) is 1. The minimum Gasteiger partial charge on any atom is -0.445 e. The molecule has 3 amide bonds. The third-order valence-electron chi connectivity index (χ3n) is 5.56. The number of nitrogens with one attached hydrogen (secondary N) is 2. The van der Waals surface area contributed by atoms with Gasteiger partial charge in [0.15, 0.2) is 0 Å². The molecule has 0 radical (unpaired) electrons. The van der Waals surface area contributed by atoms with E-state index in [1.54, 1.807) is 27.0 Å². The van der Waals surface area contributed by atoms with Gasteiger partial charge in [0.2, 0.25) is 5.91 Å². The first-order valence-electron chi connectivity index (χ1n) is 10.4. The molecule has 0 spiro atoms. The third kappa shape index (κ3) is 6.99. The van der Waals surface area contributed by atoms with E-state index in [0.29, 0.717) is 13.1 Å². The van der Waals surface area contributed by atoms with Crippen LogP contribution in [0.1, 0.15) is 26.3 Å². The lowest BCUT2D eigenvalue weighted by Crippen LogP contribution is -2.60. The molecule has 0 saturated carbocycles. The molecular formula is C22H33N5O4. The number of nitrogens with two attached hydrogens (primary N) is 1. The molecule has 0 bridgehead atoms. The van der Waals surface area contributed by atoms with Crippen LogP contribution in [-0.4, -0.2) is 66.5 Å². The average Bonchev–Trinajstić information content (AvgIpc) is 2.73. The van der Waals surface area contributed by atoms with Crippen LogP contribution in [0, 0.1) is 5.92 Å². The largest absolute Gasteiger partial charge is 0.445 e. The van der Waals surface area contributed by atoms with Crippen LogP contribution in [0.25, 0.3) is 0 Å². The highest BCUT2D eigenvalue weighted by Gasteiger charge is 2.39. The van der Waals surface area contributed by atoms with Gasteiger partial charge in [-0.1, -0.05) is 44.2 Å². The lowest BCUT2D eigenvalue weighted by Gasteiger charge is -2.34. The van der Waals surface area contributed by atoms with E-state index in [-0.39, 0.29) is 18.2 Å². The van der Waals surface area contributed by atoms with E-state index >= 15 is 0 Å². The zero-order chi connectivity index (χ0) is 23.0. The van der Waals surface area contributed by atoms with Crippen molar-refractivity contribution in [3.05, 3.63) is 47.8 Å². The van der Waals surface area contributed by atoms with Crippen LogP contribution in [0.3, 0.4) is 0 Å². The minimum absolute atomic E-state index is 0.0131. The normalized spacial score (nSPS) is 17.1. The van der Waals surface area contributed by atoms with Crippen molar-refractivity contribution in [2.75, 3.05) is 33.2 Å². The lowest BCUT2D eigenvalue weighted by molar-refractivity contribution is -0.129. The smallest absolute Gasteiger partial charge is 0.408 e. The fraction of sp³-hybridized carbons (Fsp3) is 0.500. The Hall–Kier alpha value is -3.07.